The molecule has 0 aliphatic carbocycles. The Morgan fingerprint density at radius 3 is 2.14 bits per heavy atom. The fourth-order valence-electron chi connectivity index (χ4n) is 3.34. The number of rotatable bonds is 14. The zero-order valence-electron chi connectivity index (χ0n) is 18.1. The summed E-state index contributed by atoms with van der Waals surface area (Å²) < 4.78 is 24.5. The summed E-state index contributed by atoms with van der Waals surface area (Å²) in [7, 11) is -1.71. The second-order valence-corrected chi connectivity index (χ2v) is 12.2. The van der Waals surface area contributed by atoms with Gasteiger partial charge in [0.05, 0.1) is 18.6 Å². The van der Waals surface area contributed by atoms with E-state index >= 15 is 0 Å². The lowest BCUT2D eigenvalue weighted by molar-refractivity contribution is 0.130. The fraction of sp³-hybridized carbons (Fsp3) is 0.944. The number of aromatic amines is 1. The van der Waals surface area contributed by atoms with Gasteiger partial charge in [0.15, 0.2) is 5.82 Å². The quantitative estimate of drug-likeness (QED) is 0.470. The average molecular weight is 446 g/mol. The molecule has 0 fully saturated rings. The van der Waals surface area contributed by atoms with Crippen molar-refractivity contribution in [2.24, 2.45) is 10.3 Å². The average Bonchev–Trinajstić information content (AvgIpc) is 3.35. The van der Waals surface area contributed by atoms with Crippen molar-refractivity contribution in [3.05, 3.63) is 5.82 Å². The Balaban J connectivity index is 1.54. The van der Waals surface area contributed by atoms with Crippen molar-refractivity contribution >= 4 is 21.6 Å². The van der Waals surface area contributed by atoms with Crippen LogP contribution in [0.15, 0.2) is 10.3 Å². The van der Waals surface area contributed by atoms with Gasteiger partial charge in [0.2, 0.25) is 0 Å². The first kappa shape index (κ1) is 24.0. The van der Waals surface area contributed by atoms with Gasteiger partial charge in [-0.15, -0.1) is 10.2 Å². The highest BCUT2D eigenvalue weighted by molar-refractivity contribution is 7.85. The topological polar surface area (TPSA) is 117 Å². The molecule has 1 aliphatic heterocycles. The van der Waals surface area contributed by atoms with Gasteiger partial charge in [0.1, 0.15) is 0 Å². The monoisotopic (exact) mass is 445 g/mol. The van der Waals surface area contributed by atoms with Crippen LogP contribution >= 0.6 is 0 Å². The molecule has 2 heterocycles. The van der Waals surface area contributed by atoms with Gasteiger partial charge in [0, 0.05) is 50.0 Å². The SMILES string of the molecule is CC(C)(CCCS(=O)CCCS(=O)CCCC(C)(C)N1CCN=N1)c1nn[nH]n1. The largest absolute Gasteiger partial charge is 0.271 e. The molecule has 2 unspecified atom stereocenters. The van der Waals surface area contributed by atoms with E-state index in [9.17, 15) is 8.42 Å². The van der Waals surface area contributed by atoms with Crippen LogP contribution in [0.25, 0.3) is 0 Å². The lowest BCUT2D eigenvalue weighted by atomic mass is 9.87. The van der Waals surface area contributed by atoms with E-state index in [1.54, 1.807) is 0 Å². The molecule has 0 saturated carbocycles. The summed E-state index contributed by atoms with van der Waals surface area (Å²) in [6, 6.07) is 0. The summed E-state index contributed by atoms with van der Waals surface area (Å²) in [4.78, 5) is 0. The first-order chi connectivity index (χ1) is 13.7. The van der Waals surface area contributed by atoms with E-state index in [0.717, 1.165) is 45.2 Å². The van der Waals surface area contributed by atoms with Crippen LogP contribution in [0.2, 0.25) is 0 Å². The van der Waals surface area contributed by atoms with Crippen molar-refractivity contribution in [2.45, 2.75) is 70.8 Å². The maximum atomic E-state index is 12.2. The van der Waals surface area contributed by atoms with Gasteiger partial charge in [-0.2, -0.15) is 10.3 Å². The van der Waals surface area contributed by atoms with Crippen LogP contribution in [0.5, 0.6) is 0 Å². The Bertz CT molecular complexity index is 692. The zero-order valence-corrected chi connectivity index (χ0v) is 19.7. The van der Waals surface area contributed by atoms with Gasteiger partial charge in [-0.1, -0.05) is 24.3 Å². The molecule has 1 aromatic heterocycles. The lowest BCUT2D eigenvalue weighted by Gasteiger charge is -2.32. The molecule has 0 bridgehead atoms. The molecule has 0 amide bonds. The Morgan fingerprint density at radius 1 is 0.966 bits per heavy atom. The Morgan fingerprint density at radius 2 is 1.59 bits per heavy atom. The minimum atomic E-state index is -0.868. The van der Waals surface area contributed by atoms with E-state index in [0.29, 0.717) is 28.8 Å². The van der Waals surface area contributed by atoms with Gasteiger partial charge in [-0.25, -0.2) is 0 Å². The standard InChI is InChI=1S/C18H35N7O2S2/c1-17(2,16-20-22-23-21-16)8-5-12-28(26)14-7-15-29(27)13-6-9-18(3,4)25-11-10-19-24-25/h5-15H2,1-4H3,(H,20,21,22,23). The van der Waals surface area contributed by atoms with Gasteiger partial charge in [-0.3, -0.25) is 13.4 Å². The van der Waals surface area contributed by atoms with E-state index in [1.807, 2.05) is 5.01 Å². The molecule has 2 rings (SSSR count). The molecule has 166 valence electrons. The third-order valence-corrected chi connectivity index (χ3v) is 8.29. The van der Waals surface area contributed by atoms with Crippen LogP contribution in [0.4, 0.5) is 0 Å². The lowest BCUT2D eigenvalue weighted by Crippen LogP contribution is -2.39. The molecule has 11 heteroatoms. The summed E-state index contributed by atoms with van der Waals surface area (Å²) in [6.45, 7) is 10.1. The summed E-state index contributed by atoms with van der Waals surface area (Å²) in [5.74, 6) is 3.29. The highest BCUT2D eigenvalue weighted by Gasteiger charge is 2.27. The fourth-order valence-corrected chi connectivity index (χ4v) is 5.80. The normalized spacial score (nSPS) is 17.0. The molecule has 0 spiro atoms. The number of aromatic nitrogens is 4. The van der Waals surface area contributed by atoms with Gasteiger partial charge in [-0.05, 0) is 46.0 Å². The third kappa shape index (κ3) is 8.19. The highest BCUT2D eigenvalue weighted by atomic mass is 32.2. The number of H-pyrrole nitrogens is 1. The summed E-state index contributed by atoms with van der Waals surface area (Å²) >= 11 is 0. The van der Waals surface area contributed by atoms with Gasteiger partial charge < -0.3 is 0 Å². The first-order valence-electron chi connectivity index (χ1n) is 10.3. The number of tetrazole rings is 1. The van der Waals surface area contributed by atoms with E-state index in [-0.39, 0.29) is 11.0 Å². The van der Waals surface area contributed by atoms with E-state index in [1.165, 1.54) is 0 Å². The van der Waals surface area contributed by atoms with Crippen molar-refractivity contribution in [1.82, 2.24) is 25.6 Å². The second kappa shape index (κ2) is 11.2. The Hall–Kier alpha value is -1.23. The molecule has 0 saturated heterocycles. The molecule has 2 atom stereocenters. The van der Waals surface area contributed by atoms with Crippen LogP contribution in [0, 0.1) is 0 Å². The number of hydrogen-bond donors (Lipinski definition) is 1. The van der Waals surface area contributed by atoms with Gasteiger partial charge >= 0.3 is 0 Å². The molecular weight excluding hydrogens is 410 g/mol. The maximum absolute atomic E-state index is 12.2. The molecule has 29 heavy (non-hydrogen) atoms. The molecule has 0 aromatic carbocycles. The summed E-state index contributed by atoms with van der Waals surface area (Å²) in [5, 5.41) is 24.4. The van der Waals surface area contributed by atoms with Crippen LogP contribution < -0.4 is 0 Å². The van der Waals surface area contributed by atoms with Crippen molar-refractivity contribution in [1.29, 1.82) is 0 Å². The predicted octanol–water partition coefficient (Wildman–Crippen LogP) is 2.39. The maximum Gasteiger partial charge on any atom is 0.180 e. The van der Waals surface area contributed by atoms with Crippen molar-refractivity contribution < 1.29 is 8.42 Å². The Kier molecular flexibility index (Phi) is 9.32. The minimum absolute atomic E-state index is 0.0407. The highest BCUT2D eigenvalue weighted by Crippen LogP contribution is 2.25. The van der Waals surface area contributed by atoms with Crippen molar-refractivity contribution in [3.63, 3.8) is 0 Å². The van der Waals surface area contributed by atoms with Crippen LogP contribution in [0.3, 0.4) is 0 Å². The van der Waals surface area contributed by atoms with Crippen LogP contribution in [-0.4, -0.2) is 75.7 Å². The van der Waals surface area contributed by atoms with Crippen molar-refractivity contribution in [3.8, 4) is 0 Å². The second-order valence-electron chi connectivity index (χ2n) is 8.77. The molecule has 0 radical (unpaired) electrons. The van der Waals surface area contributed by atoms with Crippen LogP contribution in [-0.2, 0) is 27.0 Å². The van der Waals surface area contributed by atoms with E-state index in [4.69, 9.17) is 0 Å². The molecule has 1 aliphatic rings. The molecule has 1 aromatic rings. The number of hydrogen-bond acceptors (Lipinski definition) is 8. The minimum Gasteiger partial charge on any atom is -0.271 e. The van der Waals surface area contributed by atoms with Crippen LogP contribution in [0.1, 0.15) is 65.6 Å². The number of nitrogens with zero attached hydrogens (tertiary/aromatic N) is 6. The third-order valence-electron chi connectivity index (χ3n) is 5.31. The molecule has 9 nitrogen and oxygen atoms in total. The molecule has 1 N–H and O–H groups in total. The Labute approximate surface area is 178 Å². The van der Waals surface area contributed by atoms with Crippen molar-refractivity contribution in [2.75, 3.05) is 36.1 Å². The van der Waals surface area contributed by atoms with Gasteiger partial charge in [0.25, 0.3) is 0 Å². The summed E-state index contributed by atoms with van der Waals surface area (Å²) in [6.07, 6.45) is 4.30. The smallest absolute Gasteiger partial charge is 0.180 e. The van der Waals surface area contributed by atoms with E-state index < -0.39 is 21.6 Å². The first-order valence-corrected chi connectivity index (χ1v) is 13.3. The van der Waals surface area contributed by atoms with E-state index in [2.05, 4.69) is 58.7 Å². The number of nitrogens with one attached hydrogen (secondary N) is 1. The summed E-state index contributed by atoms with van der Waals surface area (Å²) in [5.41, 5.74) is -0.218. The zero-order chi connectivity index (χ0) is 21.3. The predicted molar refractivity (Wildman–Crippen MR) is 117 cm³/mol. The molecular formula is C18H35N7O2S2.